The van der Waals surface area contributed by atoms with Gasteiger partial charge in [0.15, 0.2) is 0 Å². The SMILES string of the molecule is CCCCCN(C(=O)NC(CCCC)C(=O)O)C(C)C. The molecule has 0 heterocycles. The first-order valence-corrected chi connectivity index (χ1v) is 7.73. The van der Waals surface area contributed by atoms with Crippen LogP contribution in [0, 0.1) is 0 Å². The van der Waals surface area contributed by atoms with Crippen LogP contribution in [0.2, 0.25) is 0 Å². The number of rotatable bonds is 10. The topological polar surface area (TPSA) is 69.6 Å². The second-order valence-corrected chi connectivity index (χ2v) is 5.48. The van der Waals surface area contributed by atoms with E-state index in [0.717, 1.165) is 32.1 Å². The van der Waals surface area contributed by atoms with Crippen molar-refractivity contribution in [1.82, 2.24) is 10.2 Å². The van der Waals surface area contributed by atoms with Crippen molar-refractivity contribution in [3.05, 3.63) is 0 Å². The summed E-state index contributed by atoms with van der Waals surface area (Å²) in [5.41, 5.74) is 0. The van der Waals surface area contributed by atoms with E-state index in [-0.39, 0.29) is 12.1 Å². The van der Waals surface area contributed by atoms with Crippen LogP contribution in [-0.4, -0.2) is 40.6 Å². The lowest BCUT2D eigenvalue weighted by atomic mass is 10.1. The summed E-state index contributed by atoms with van der Waals surface area (Å²) in [4.78, 5) is 25.1. The maximum atomic E-state index is 12.2. The van der Waals surface area contributed by atoms with Crippen molar-refractivity contribution in [2.24, 2.45) is 0 Å². The first kappa shape index (κ1) is 18.7. The molecule has 20 heavy (non-hydrogen) atoms. The third-order valence-corrected chi connectivity index (χ3v) is 3.33. The molecule has 1 unspecified atom stereocenters. The second-order valence-electron chi connectivity index (χ2n) is 5.48. The quantitative estimate of drug-likeness (QED) is 0.606. The van der Waals surface area contributed by atoms with Gasteiger partial charge in [0.25, 0.3) is 0 Å². The summed E-state index contributed by atoms with van der Waals surface area (Å²) in [6, 6.07) is -0.970. The van der Waals surface area contributed by atoms with E-state index in [1.807, 2.05) is 20.8 Å². The van der Waals surface area contributed by atoms with Crippen LogP contribution >= 0.6 is 0 Å². The number of nitrogens with zero attached hydrogens (tertiary/aromatic N) is 1. The number of hydrogen-bond acceptors (Lipinski definition) is 2. The van der Waals surface area contributed by atoms with Gasteiger partial charge in [-0.3, -0.25) is 0 Å². The van der Waals surface area contributed by atoms with Crippen molar-refractivity contribution in [3.63, 3.8) is 0 Å². The number of urea groups is 1. The van der Waals surface area contributed by atoms with Gasteiger partial charge in [0.2, 0.25) is 0 Å². The summed E-state index contributed by atoms with van der Waals surface area (Å²) in [5, 5.41) is 11.8. The Labute approximate surface area is 122 Å². The molecular formula is C15H30N2O3. The largest absolute Gasteiger partial charge is 0.480 e. The highest BCUT2D eigenvalue weighted by atomic mass is 16.4. The third-order valence-electron chi connectivity index (χ3n) is 3.33. The van der Waals surface area contributed by atoms with Crippen molar-refractivity contribution in [1.29, 1.82) is 0 Å². The predicted octanol–water partition coefficient (Wildman–Crippen LogP) is 3.24. The van der Waals surface area contributed by atoms with Crippen LogP contribution in [0.3, 0.4) is 0 Å². The Morgan fingerprint density at radius 2 is 1.70 bits per heavy atom. The summed E-state index contributed by atoms with van der Waals surface area (Å²) < 4.78 is 0. The van der Waals surface area contributed by atoms with E-state index in [2.05, 4.69) is 12.2 Å². The number of carboxylic acids is 1. The summed E-state index contributed by atoms with van der Waals surface area (Å²) in [7, 11) is 0. The van der Waals surface area contributed by atoms with Gasteiger partial charge < -0.3 is 15.3 Å². The van der Waals surface area contributed by atoms with Crippen molar-refractivity contribution in [2.45, 2.75) is 78.3 Å². The first-order chi connectivity index (χ1) is 9.43. The van der Waals surface area contributed by atoms with Gasteiger partial charge in [0, 0.05) is 12.6 Å². The van der Waals surface area contributed by atoms with E-state index in [0.29, 0.717) is 13.0 Å². The molecule has 0 aliphatic carbocycles. The molecule has 0 rings (SSSR count). The molecule has 0 fully saturated rings. The Kier molecular flexibility index (Phi) is 9.86. The smallest absolute Gasteiger partial charge is 0.326 e. The molecular weight excluding hydrogens is 256 g/mol. The van der Waals surface area contributed by atoms with Gasteiger partial charge >= 0.3 is 12.0 Å². The first-order valence-electron chi connectivity index (χ1n) is 7.73. The molecule has 0 aliphatic heterocycles. The minimum Gasteiger partial charge on any atom is -0.480 e. The average molecular weight is 286 g/mol. The molecule has 0 radical (unpaired) electrons. The Hall–Kier alpha value is -1.26. The van der Waals surface area contributed by atoms with Gasteiger partial charge in [0.1, 0.15) is 6.04 Å². The zero-order valence-electron chi connectivity index (χ0n) is 13.3. The molecule has 0 aromatic carbocycles. The molecule has 2 amide bonds. The minimum atomic E-state index is -0.955. The van der Waals surface area contributed by atoms with E-state index in [1.165, 1.54) is 0 Å². The van der Waals surface area contributed by atoms with Gasteiger partial charge in [-0.2, -0.15) is 0 Å². The van der Waals surface area contributed by atoms with Crippen LogP contribution in [0.1, 0.15) is 66.2 Å². The molecule has 0 aromatic heterocycles. The molecule has 0 aromatic rings. The van der Waals surface area contributed by atoms with Crippen molar-refractivity contribution in [3.8, 4) is 0 Å². The van der Waals surface area contributed by atoms with Gasteiger partial charge in [0.05, 0.1) is 0 Å². The molecule has 5 nitrogen and oxygen atoms in total. The number of carbonyl (C=O) groups is 2. The minimum absolute atomic E-state index is 0.0764. The lowest BCUT2D eigenvalue weighted by molar-refractivity contribution is -0.139. The summed E-state index contributed by atoms with van der Waals surface area (Å²) in [6.07, 6.45) is 5.34. The summed E-state index contributed by atoms with van der Waals surface area (Å²) in [6.45, 7) is 8.70. The number of hydrogen-bond donors (Lipinski definition) is 2. The second kappa shape index (κ2) is 10.5. The molecule has 0 spiro atoms. The Morgan fingerprint density at radius 1 is 1.10 bits per heavy atom. The third kappa shape index (κ3) is 7.36. The number of carboxylic acid groups (broad SMARTS) is 1. The molecule has 0 aliphatic rings. The summed E-state index contributed by atoms with van der Waals surface area (Å²) in [5.74, 6) is -0.955. The Balaban J connectivity index is 4.50. The molecule has 0 saturated carbocycles. The van der Waals surface area contributed by atoms with Crippen LogP contribution in [0.4, 0.5) is 4.79 Å². The number of nitrogens with one attached hydrogen (secondary N) is 1. The molecule has 1 atom stereocenters. The number of carbonyl (C=O) groups excluding carboxylic acids is 1. The molecule has 0 saturated heterocycles. The van der Waals surface area contributed by atoms with E-state index >= 15 is 0 Å². The van der Waals surface area contributed by atoms with Crippen LogP contribution in [0.5, 0.6) is 0 Å². The zero-order valence-corrected chi connectivity index (χ0v) is 13.3. The van der Waals surface area contributed by atoms with E-state index in [4.69, 9.17) is 5.11 Å². The zero-order chi connectivity index (χ0) is 15.5. The monoisotopic (exact) mass is 286 g/mol. The van der Waals surface area contributed by atoms with Crippen molar-refractivity contribution in [2.75, 3.05) is 6.54 Å². The lowest BCUT2D eigenvalue weighted by Crippen LogP contribution is -2.50. The maximum Gasteiger partial charge on any atom is 0.326 e. The highest BCUT2D eigenvalue weighted by Crippen LogP contribution is 2.07. The van der Waals surface area contributed by atoms with Gasteiger partial charge in [-0.15, -0.1) is 0 Å². The van der Waals surface area contributed by atoms with E-state index in [1.54, 1.807) is 4.90 Å². The molecule has 118 valence electrons. The van der Waals surface area contributed by atoms with Gasteiger partial charge in [-0.1, -0.05) is 39.5 Å². The summed E-state index contributed by atoms with van der Waals surface area (Å²) >= 11 is 0. The van der Waals surface area contributed by atoms with Crippen LogP contribution in [-0.2, 0) is 4.79 Å². The fourth-order valence-electron chi connectivity index (χ4n) is 2.02. The standard InChI is InChI=1S/C15H30N2O3/c1-5-7-9-11-17(12(3)4)15(20)16-13(14(18)19)10-8-6-2/h12-13H,5-11H2,1-4H3,(H,16,20)(H,18,19). The fourth-order valence-corrected chi connectivity index (χ4v) is 2.02. The fraction of sp³-hybridized carbons (Fsp3) is 0.867. The van der Waals surface area contributed by atoms with Gasteiger partial charge in [-0.05, 0) is 26.7 Å². The van der Waals surface area contributed by atoms with E-state index in [9.17, 15) is 9.59 Å². The lowest BCUT2D eigenvalue weighted by Gasteiger charge is -2.28. The van der Waals surface area contributed by atoms with Crippen LogP contribution in [0.25, 0.3) is 0 Å². The molecule has 0 bridgehead atoms. The normalized spacial score (nSPS) is 12.2. The van der Waals surface area contributed by atoms with Gasteiger partial charge in [-0.25, -0.2) is 9.59 Å². The number of unbranched alkanes of at least 4 members (excludes halogenated alkanes) is 3. The Bertz CT molecular complexity index is 293. The van der Waals surface area contributed by atoms with Crippen LogP contribution in [0.15, 0.2) is 0 Å². The molecule has 5 heteroatoms. The predicted molar refractivity (Wildman–Crippen MR) is 80.8 cm³/mol. The van der Waals surface area contributed by atoms with Crippen LogP contribution < -0.4 is 5.32 Å². The molecule has 2 N–H and O–H groups in total. The highest BCUT2D eigenvalue weighted by molar-refractivity contribution is 5.82. The van der Waals surface area contributed by atoms with E-state index < -0.39 is 12.0 Å². The van der Waals surface area contributed by atoms with Crippen molar-refractivity contribution >= 4 is 12.0 Å². The average Bonchev–Trinajstić information content (AvgIpc) is 2.38. The number of aliphatic carboxylic acids is 1. The maximum absolute atomic E-state index is 12.2. The van der Waals surface area contributed by atoms with Crippen molar-refractivity contribution < 1.29 is 14.7 Å². The highest BCUT2D eigenvalue weighted by Gasteiger charge is 2.23. The number of amides is 2. The Morgan fingerprint density at radius 3 is 2.15 bits per heavy atom.